The van der Waals surface area contributed by atoms with Crippen molar-refractivity contribution in [3.05, 3.63) is 21.0 Å². The van der Waals surface area contributed by atoms with E-state index in [4.69, 9.17) is 0 Å². The Morgan fingerprint density at radius 1 is 1.22 bits per heavy atom. The van der Waals surface area contributed by atoms with Gasteiger partial charge in [-0.05, 0) is 22.6 Å². The minimum atomic E-state index is -5.35. The van der Waals surface area contributed by atoms with Gasteiger partial charge in [-0.25, -0.2) is 4.98 Å². The molecule has 0 fully saturated rings. The standard InChI is InChI=1S/C8H2F6INO2/c9-7(10,11)4-1-16-6(15)3(2-17)5(4)18-8(12,13)14/h1-2H. The molecule has 1 heterocycles. The number of nitrogens with zero attached hydrogens (tertiary/aromatic N) is 1. The van der Waals surface area contributed by atoms with Gasteiger partial charge in [0.25, 0.3) is 0 Å². The normalized spacial score (nSPS) is 12.4. The van der Waals surface area contributed by atoms with E-state index in [9.17, 15) is 31.1 Å². The molecule has 0 aliphatic heterocycles. The lowest BCUT2D eigenvalue weighted by Crippen LogP contribution is -2.22. The number of ether oxygens (including phenoxy) is 1. The van der Waals surface area contributed by atoms with Crippen LogP contribution in [0.3, 0.4) is 0 Å². The van der Waals surface area contributed by atoms with Crippen LogP contribution >= 0.6 is 22.6 Å². The zero-order chi connectivity index (χ0) is 14.1. The van der Waals surface area contributed by atoms with E-state index in [2.05, 4.69) is 9.72 Å². The van der Waals surface area contributed by atoms with Gasteiger partial charge in [0, 0.05) is 6.20 Å². The van der Waals surface area contributed by atoms with Gasteiger partial charge in [0.15, 0.2) is 12.0 Å². The Morgan fingerprint density at radius 3 is 2.17 bits per heavy atom. The molecule has 10 heteroatoms. The molecular formula is C8H2F6INO2. The molecule has 1 rings (SSSR count). The van der Waals surface area contributed by atoms with Gasteiger partial charge in [0.2, 0.25) is 0 Å². The van der Waals surface area contributed by atoms with Crippen LogP contribution in [0.5, 0.6) is 5.75 Å². The second-order valence-electron chi connectivity index (χ2n) is 2.87. The summed E-state index contributed by atoms with van der Waals surface area (Å²) in [6.07, 6.45) is -10.5. The van der Waals surface area contributed by atoms with Crippen LogP contribution in [-0.4, -0.2) is 17.6 Å². The predicted octanol–water partition coefficient (Wildman–Crippen LogP) is 3.42. The van der Waals surface area contributed by atoms with Crippen LogP contribution in [0, 0.1) is 3.70 Å². The third-order valence-corrected chi connectivity index (χ3v) is 2.52. The van der Waals surface area contributed by atoms with Crippen LogP contribution in [0.15, 0.2) is 6.20 Å². The molecule has 0 aromatic carbocycles. The largest absolute Gasteiger partial charge is 0.573 e. The second kappa shape index (κ2) is 4.90. The van der Waals surface area contributed by atoms with E-state index >= 15 is 0 Å². The van der Waals surface area contributed by atoms with Crippen LogP contribution in [0.25, 0.3) is 0 Å². The van der Waals surface area contributed by atoms with E-state index < -0.39 is 29.4 Å². The first kappa shape index (κ1) is 15.0. The lowest BCUT2D eigenvalue weighted by molar-refractivity contribution is -0.276. The molecule has 0 aliphatic rings. The van der Waals surface area contributed by atoms with Crippen LogP contribution in [0.1, 0.15) is 15.9 Å². The average molecular weight is 385 g/mol. The van der Waals surface area contributed by atoms with Crippen molar-refractivity contribution in [1.82, 2.24) is 4.98 Å². The van der Waals surface area contributed by atoms with Crippen molar-refractivity contribution >= 4 is 28.9 Å². The molecule has 0 saturated carbocycles. The Hall–Kier alpha value is -1.07. The summed E-state index contributed by atoms with van der Waals surface area (Å²) in [6, 6.07) is 0. The fourth-order valence-electron chi connectivity index (χ4n) is 1.02. The number of pyridine rings is 1. The van der Waals surface area contributed by atoms with E-state index in [1.807, 2.05) is 0 Å². The van der Waals surface area contributed by atoms with Gasteiger partial charge in [0.05, 0.1) is 5.56 Å². The van der Waals surface area contributed by atoms with Gasteiger partial charge in [-0.1, -0.05) is 0 Å². The summed E-state index contributed by atoms with van der Waals surface area (Å²) in [4.78, 5) is 13.7. The smallest absolute Gasteiger partial charge is 0.404 e. The highest BCUT2D eigenvalue weighted by Gasteiger charge is 2.41. The molecule has 0 radical (unpaired) electrons. The Labute approximate surface area is 109 Å². The van der Waals surface area contributed by atoms with Gasteiger partial charge >= 0.3 is 12.5 Å². The molecule has 3 nitrogen and oxygen atoms in total. The number of hydrogen-bond donors (Lipinski definition) is 0. The molecule has 0 unspecified atom stereocenters. The first-order valence-corrected chi connectivity index (χ1v) is 5.10. The Balaban J connectivity index is 3.50. The van der Waals surface area contributed by atoms with Gasteiger partial charge in [-0.3, -0.25) is 4.79 Å². The maximum atomic E-state index is 12.5. The Bertz CT molecular complexity index is 470. The molecular weight excluding hydrogens is 383 g/mol. The number of aldehydes is 1. The Kier molecular flexibility index (Phi) is 4.08. The van der Waals surface area contributed by atoms with E-state index in [1.54, 1.807) is 0 Å². The number of alkyl halides is 6. The number of aromatic nitrogens is 1. The van der Waals surface area contributed by atoms with Crippen molar-refractivity contribution < 1.29 is 35.9 Å². The van der Waals surface area contributed by atoms with Crippen molar-refractivity contribution in [2.75, 3.05) is 0 Å². The van der Waals surface area contributed by atoms with Gasteiger partial charge in [-0.2, -0.15) is 13.2 Å². The monoisotopic (exact) mass is 385 g/mol. The summed E-state index contributed by atoms with van der Waals surface area (Å²) < 4.78 is 76.4. The predicted molar refractivity (Wildman–Crippen MR) is 54.0 cm³/mol. The van der Waals surface area contributed by atoms with Crippen LogP contribution in [0.2, 0.25) is 0 Å². The number of carbonyl (C=O) groups is 1. The van der Waals surface area contributed by atoms with Crippen molar-refractivity contribution in [3.8, 4) is 5.75 Å². The molecule has 0 spiro atoms. The maximum absolute atomic E-state index is 12.5. The van der Waals surface area contributed by atoms with E-state index in [0.29, 0.717) is 0 Å². The summed E-state index contributed by atoms with van der Waals surface area (Å²) in [6.45, 7) is 0. The molecule has 0 atom stereocenters. The summed E-state index contributed by atoms with van der Waals surface area (Å²) >= 11 is 1.33. The van der Waals surface area contributed by atoms with E-state index in [0.717, 1.165) is 0 Å². The van der Waals surface area contributed by atoms with Crippen molar-refractivity contribution in [2.24, 2.45) is 0 Å². The first-order chi connectivity index (χ1) is 8.06. The molecule has 18 heavy (non-hydrogen) atoms. The van der Waals surface area contributed by atoms with Crippen LogP contribution in [0.4, 0.5) is 26.3 Å². The number of carbonyl (C=O) groups excluding carboxylic acids is 1. The molecule has 100 valence electrons. The van der Waals surface area contributed by atoms with Crippen LogP contribution in [-0.2, 0) is 6.18 Å². The topological polar surface area (TPSA) is 39.2 Å². The van der Waals surface area contributed by atoms with E-state index in [-0.39, 0.29) is 16.2 Å². The summed E-state index contributed by atoms with van der Waals surface area (Å²) in [5.74, 6) is -1.59. The molecule has 1 aromatic heterocycles. The minimum Gasteiger partial charge on any atom is -0.404 e. The zero-order valence-corrected chi connectivity index (χ0v) is 10.2. The Morgan fingerprint density at radius 2 is 1.78 bits per heavy atom. The molecule has 0 amide bonds. The van der Waals surface area contributed by atoms with Crippen LogP contribution < -0.4 is 4.74 Å². The quantitative estimate of drug-likeness (QED) is 0.339. The zero-order valence-electron chi connectivity index (χ0n) is 8.06. The number of rotatable bonds is 2. The number of hydrogen-bond acceptors (Lipinski definition) is 3. The highest BCUT2D eigenvalue weighted by Crippen LogP contribution is 2.40. The van der Waals surface area contributed by atoms with Gasteiger partial charge in [0.1, 0.15) is 9.26 Å². The minimum absolute atomic E-state index is 0.176. The van der Waals surface area contributed by atoms with E-state index in [1.165, 1.54) is 22.6 Å². The SMILES string of the molecule is O=Cc1c(I)ncc(C(F)(F)F)c1OC(F)(F)F. The molecule has 0 N–H and O–H groups in total. The third-order valence-electron chi connectivity index (χ3n) is 1.66. The lowest BCUT2D eigenvalue weighted by Gasteiger charge is -2.16. The third kappa shape index (κ3) is 3.46. The lowest BCUT2D eigenvalue weighted by atomic mass is 10.2. The average Bonchev–Trinajstić information content (AvgIpc) is 2.13. The molecule has 0 bridgehead atoms. The summed E-state index contributed by atoms with van der Waals surface area (Å²) in [5.41, 5.74) is -2.66. The van der Waals surface area contributed by atoms with Crippen molar-refractivity contribution in [1.29, 1.82) is 0 Å². The highest BCUT2D eigenvalue weighted by molar-refractivity contribution is 14.1. The molecule has 1 aromatic rings. The van der Waals surface area contributed by atoms with Gasteiger partial charge < -0.3 is 4.74 Å². The fourth-order valence-corrected chi connectivity index (χ4v) is 1.53. The maximum Gasteiger partial charge on any atom is 0.573 e. The summed E-state index contributed by atoms with van der Waals surface area (Å²) in [5, 5.41) is 0. The summed E-state index contributed by atoms with van der Waals surface area (Å²) in [7, 11) is 0. The van der Waals surface area contributed by atoms with Gasteiger partial charge in [-0.15, -0.1) is 13.2 Å². The molecule has 0 saturated heterocycles. The fraction of sp³-hybridized carbons (Fsp3) is 0.250. The van der Waals surface area contributed by atoms with Crippen molar-refractivity contribution in [3.63, 3.8) is 0 Å². The highest BCUT2D eigenvalue weighted by atomic mass is 127. The molecule has 0 aliphatic carbocycles. The van der Waals surface area contributed by atoms with Crippen molar-refractivity contribution in [2.45, 2.75) is 12.5 Å². The number of halogens is 7. The first-order valence-electron chi connectivity index (χ1n) is 4.03. The second-order valence-corrected chi connectivity index (χ2v) is 3.89.